The second-order valence-corrected chi connectivity index (χ2v) is 7.31. The van der Waals surface area contributed by atoms with Crippen molar-refractivity contribution in [1.29, 1.82) is 0 Å². The standard InChI is InChI=1S/C16H19N2O7P/c1-8-16(21)14(10(6-18-8)7-25-26(22,23)24)15-11-5-13(20)12(19)4-9(11)2-3-17-15/h4-6,15,17,19-21H,2-3,7H2,1H3,(H2,22,23,24). The SMILES string of the molecule is Cc1ncc(COP(=O)(O)O)c(C2NCCc3cc(O)c(O)cc32)c1O. The quantitative estimate of drug-likeness (QED) is 0.340. The smallest absolute Gasteiger partial charge is 0.469 e. The number of phosphoric ester groups is 1. The van der Waals surface area contributed by atoms with Crippen LogP contribution in [-0.2, 0) is 22.1 Å². The summed E-state index contributed by atoms with van der Waals surface area (Å²) in [5.74, 6) is -0.657. The van der Waals surface area contributed by atoms with Crippen LogP contribution in [0.25, 0.3) is 0 Å². The first-order chi connectivity index (χ1) is 12.2. The van der Waals surface area contributed by atoms with Gasteiger partial charge in [0.2, 0.25) is 0 Å². The van der Waals surface area contributed by atoms with Crippen molar-refractivity contribution in [3.05, 3.63) is 46.3 Å². The highest BCUT2D eigenvalue weighted by Gasteiger charge is 2.29. The molecule has 0 aliphatic carbocycles. The van der Waals surface area contributed by atoms with E-state index >= 15 is 0 Å². The minimum Gasteiger partial charge on any atom is -0.506 e. The summed E-state index contributed by atoms with van der Waals surface area (Å²) in [6.07, 6.45) is 2.00. The molecule has 0 fully saturated rings. The molecule has 2 heterocycles. The average Bonchev–Trinajstić information content (AvgIpc) is 2.56. The molecule has 0 bridgehead atoms. The van der Waals surface area contributed by atoms with Gasteiger partial charge in [0.05, 0.1) is 18.3 Å². The first-order valence-corrected chi connectivity index (χ1v) is 9.36. The number of phosphoric acid groups is 1. The van der Waals surface area contributed by atoms with Crippen molar-refractivity contribution in [3.8, 4) is 17.2 Å². The molecule has 140 valence electrons. The zero-order chi connectivity index (χ0) is 19.1. The molecule has 0 amide bonds. The fourth-order valence-corrected chi connectivity index (χ4v) is 3.39. The van der Waals surface area contributed by atoms with Crippen LogP contribution in [0.15, 0.2) is 18.3 Å². The van der Waals surface area contributed by atoms with Gasteiger partial charge in [-0.25, -0.2) is 4.57 Å². The number of nitrogens with zero attached hydrogens (tertiary/aromatic N) is 1. The zero-order valence-electron chi connectivity index (χ0n) is 13.9. The van der Waals surface area contributed by atoms with Gasteiger partial charge in [-0.05, 0) is 36.6 Å². The zero-order valence-corrected chi connectivity index (χ0v) is 14.8. The van der Waals surface area contributed by atoms with E-state index in [1.807, 2.05) is 0 Å². The van der Waals surface area contributed by atoms with Crippen molar-refractivity contribution in [2.24, 2.45) is 0 Å². The molecule has 0 saturated carbocycles. The molecule has 1 unspecified atom stereocenters. The summed E-state index contributed by atoms with van der Waals surface area (Å²) in [4.78, 5) is 21.9. The number of hydrogen-bond acceptors (Lipinski definition) is 7. The summed E-state index contributed by atoms with van der Waals surface area (Å²) in [6, 6.07) is 2.31. The predicted molar refractivity (Wildman–Crippen MR) is 90.8 cm³/mol. The number of nitrogens with one attached hydrogen (secondary N) is 1. The van der Waals surface area contributed by atoms with Gasteiger partial charge in [-0.15, -0.1) is 0 Å². The van der Waals surface area contributed by atoms with Gasteiger partial charge in [0.15, 0.2) is 11.5 Å². The van der Waals surface area contributed by atoms with Crippen molar-refractivity contribution in [2.75, 3.05) is 6.54 Å². The van der Waals surface area contributed by atoms with E-state index in [2.05, 4.69) is 14.8 Å². The first-order valence-electron chi connectivity index (χ1n) is 7.83. The minimum absolute atomic E-state index is 0.130. The van der Waals surface area contributed by atoms with Crippen LogP contribution in [-0.4, -0.2) is 36.6 Å². The Kier molecular flexibility index (Phi) is 4.92. The number of benzene rings is 1. The van der Waals surface area contributed by atoms with E-state index in [0.717, 1.165) is 5.56 Å². The van der Waals surface area contributed by atoms with Crippen LogP contribution in [0.2, 0.25) is 0 Å². The van der Waals surface area contributed by atoms with E-state index in [1.165, 1.54) is 18.3 Å². The van der Waals surface area contributed by atoms with Gasteiger partial charge in [0, 0.05) is 23.9 Å². The summed E-state index contributed by atoms with van der Waals surface area (Å²) in [6.45, 7) is 1.70. The van der Waals surface area contributed by atoms with Crippen molar-refractivity contribution >= 4 is 7.82 Å². The second-order valence-electron chi connectivity index (χ2n) is 6.07. The molecule has 1 aliphatic heterocycles. The van der Waals surface area contributed by atoms with Crippen LogP contribution in [0, 0.1) is 6.92 Å². The number of fused-ring (bicyclic) bond motifs is 1. The number of phenolic OH excluding ortho intramolecular Hbond substituents is 2. The Labute approximate surface area is 149 Å². The number of aromatic nitrogens is 1. The molecule has 1 aliphatic rings. The van der Waals surface area contributed by atoms with E-state index in [-0.39, 0.29) is 17.2 Å². The third kappa shape index (κ3) is 3.67. The third-order valence-electron chi connectivity index (χ3n) is 4.32. The van der Waals surface area contributed by atoms with Gasteiger partial charge in [0.1, 0.15) is 5.75 Å². The number of rotatable bonds is 4. The number of aryl methyl sites for hydroxylation is 1. The lowest BCUT2D eigenvalue weighted by Crippen LogP contribution is -2.31. The van der Waals surface area contributed by atoms with Crippen LogP contribution in [0.4, 0.5) is 0 Å². The predicted octanol–water partition coefficient (Wildman–Crippen LogP) is 1.35. The summed E-state index contributed by atoms with van der Waals surface area (Å²) in [5, 5.41) is 33.3. The molecule has 0 radical (unpaired) electrons. The second kappa shape index (κ2) is 6.86. The van der Waals surface area contributed by atoms with Gasteiger partial charge >= 0.3 is 7.82 Å². The van der Waals surface area contributed by atoms with E-state index < -0.39 is 20.5 Å². The van der Waals surface area contributed by atoms with Crippen LogP contribution in [0.1, 0.15) is 34.0 Å². The third-order valence-corrected chi connectivity index (χ3v) is 4.79. The maximum Gasteiger partial charge on any atom is 0.469 e. The fourth-order valence-electron chi connectivity index (χ4n) is 3.08. The number of hydrogen-bond donors (Lipinski definition) is 6. The number of aromatic hydroxyl groups is 3. The molecule has 1 aromatic heterocycles. The van der Waals surface area contributed by atoms with Gasteiger partial charge < -0.3 is 30.4 Å². The summed E-state index contributed by atoms with van der Waals surface area (Å²) in [5.41, 5.74) is 2.44. The summed E-state index contributed by atoms with van der Waals surface area (Å²) < 4.78 is 15.6. The molecule has 1 aromatic carbocycles. The number of phenols is 2. The van der Waals surface area contributed by atoms with Crippen molar-refractivity contribution in [2.45, 2.75) is 26.0 Å². The van der Waals surface area contributed by atoms with E-state index in [1.54, 1.807) is 6.92 Å². The van der Waals surface area contributed by atoms with E-state index in [4.69, 9.17) is 9.79 Å². The van der Waals surface area contributed by atoms with Crippen molar-refractivity contribution in [1.82, 2.24) is 10.3 Å². The van der Waals surface area contributed by atoms with Crippen LogP contribution in [0.5, 0.6) is 17.2 Å². The highest BCUT2D eigenvalue weighted by molar-refractivity contribution is 7.46. The fraction of sp³-hybridized carbons (Fsp3) is 0.312. The first kappa shape index (κ1) is 18.6. The van der Waals surface area contributed by atoms with Crippen molar-refractivity contribution in [3.63, 3.8) is 0 Å². The molecule has 0 spiro atoms. The van der Waals surface area contributed by atoms with Gasteiger partial charge in [0.25, 0.3) is 0 Å². The normalized spacial score (nSPS) is 17.1. The molecule has 0 saturated heterocycles. The van der Waals surface area contributed by atoms with Crippen LogP contribution < -0.4 is 5.32 Å². The Morgan fingerprint density at radius 1 is 1.27 bits per heavy atom. The molecule has 10 heteroatoms. The molecule has 2 aromatic rings. The molecule has 3 rings (SSSR count). The lowest BCUT2D eigenvalue weighted by molar-refractivity contribution is 0.188. The molecule has 6 N–H and O–H groups in total. The number of pyridine rings is 1. The Hall–Kier alpha value is -2.16. The summed E-state index contributed by atoms with van der Waals surface area (Å²) >= 11 is 0. The van der Waals surface area contributed by atoms with Crippen LogP contribution >= 0.6 is 7.82 Å². The monoisotopic (exact) mass is 382 g/mol. The van der Waals surface area contributed by atoms with E-state index in [0.29, 0.717) is 35.3 Å². The van der Waals surface area contributed by atoms with Gasteiger partial charge in [-0.1, -0.05) is 0 Å². The van der Waals surface area contributed by atoms with Crippen LogP contribution in [0.3, 0.4) is 0 Å². The molecular weight excluding hydrogens is 363 g/mol. The molecule has 9 nitrogen and oxygen atoms in total. The Morgan fingerprint density at radius 3 is 2.65 bits per heavy atom. The molecular formula is C16H19N2O7P. The highest BCUT2D eigenvalue weighted by atomic mass is 31.2. The topological polar surface area (TPSA) is 152 Å². The van der Waals surface area contributed by atoms with E-state index in [9.17, 15) is 19.9 Å². The Morgan fingerprint density at radius 2 is 1.96 bits per heavy atom. The maximum atomic E-state index is 11.0. The Balaban J connectivity index is 2.11. The van der Waals surface area contributed by atoms with Gasteiger partial charge in [-0.2, -0.15) is 0 Å². The Bertz CT molecular complexity index is 897. The lowest BCUT2D eigenvalue weighted by atomic mass is 9.87. The van der Waals surface area contributed by atoms with Crippen molar-refractivity contribution < 1.29 is 34.2 Å². The van der Waals surface area contributed by atoms with Gasteiger partial charge in [-0.3, -0.25) is 9.51 Å². The maximum absolute atomic E-state index is 11.0. The molecule has 26 heavy (non-hydrogen) atoms. The average molecular weight is 382 g/mol. The summed E-state index contributed by atoms with van der Waals surface area (Å²) in [7, 11) is -4.70. The minimum atomic E-state index is -4.70. The largest absolute Gasteiger partial charge is 0.506 e. The highest BCUT2D eigenvalue weighted by Crippen LogP contribution is 2.42. The molecule has 1 atom stereocenters. The lowest BCUT2D eigenvalue weighted by Gasteiger charge is -2.30.